The molecule has 0 spiro atoms. The van der Waals surface area contributed by atoms with Gasteiger partial charge in [0, 0.05) is 17.0 Å². The number of rotatable bonds is 5. The van der Waals surface area contributed by atoms with Gasteiger partial charge in [-0.3, -0.25) is 0 Å². The van der Waals surface area contributed by atoms with Gasteiger partial charge in [0.1, 0.15) is 5.75 Å². The zero-order valence-corrected chi connectivity index (χ0v) is 19.8. The molecule has 0 radical (unpaired) electrons. The van der Waals surface area contributed by atoms with Gasteiger partial charge >= 0.3 is 0 Å². The largest absolute Gasteiger partial charge is 0.496 e. The number of anilines is 1. The van der Waals surface area contributed by atoms with E-state index in [0.717, 1.165) is 39.1 Å². The van der Waals surface area contributed by atoms with Crippen LogP contribution in [0, 0.1) is 0 Å². The van der Waals surface area contributed by atoms with Gasteiger partial charge in [-0.2, -0.15) is 4.98 Å². The molecule has 1 atom stereocenters. The maximum absolute atomic E-state index is 6.55. The summed E-state index contributed by atoms with van der Waals surface area (Å²) in [5.41, 5.74) is 4.50. The number of ether oxygens (including phenoxy) is 2. The molecule has 0 saturated carbocycles. The molecule has 0 fully saturated rings. The molecular weight excluding hydrogens is 456 g/mol. The fourth-order valence-electron chi connectivity index (χ4n) is 4.29. The van der Waals surface area contributed by atoms with Gasteiger partial charge < -0.3 is 14.8 Å². The molecule has 1 aliphatic heterocycles. The van der Waals surface area contributed by atoms with E-state index in [1.165, 1.54) is 17.3 Å². The first-order chi connectivity index (χ1) is 17.3. The molecule has 4 aromatic carbocycles. The maximum Gasteiger partial charge on any atom is 0.247 e. The Hall–Kier alpha value is -4.10. The van der Waals surface area contributed by atoms with Crippen LogP contribution in [0.25, 0.3) is 22.0 Å². The van der Waals surface area contributed by atoms with E-state index in [9.17, 15) is 0 Å². The summed E-state index contributed by atoms with van der Waals surface area (Å²) in [6, 6.07) is 30.4. The predicted molar refractivity (Wildman–Crippen MR) is 139 cm³/mol. The summed E-state index contributed by atoms with van der Waals surface area (Å²) in [6.45, 7) is 0. The number of aromatic nitrogens is 3. The van der Waals surface area contributed by atoms with Crippen LogP contribution < -0.4 is 14.8 Å². The van der Waals surface area contributed by atoms with Gasteiger partial charge in [0.2, 0.25) is 17.3 Å². The summed E-state index contributed by atoms with van der Waals surface area (Å²) >= 11 is 1.53. The van der Waals surface area contributed by atoms with Crippen molar-refractivity contribution in [3.8, 4) is 22.9 Å². The van der Waals surface area contributed by atoms with Crippen molar-refractivity contribution in [2.75, 3.05) is 12.4 Å². The number of nitrogens with one attached hydrogen (secondary N) is 1. The Kier molecular flexibility index (Phi) is 5.68. The molecule has 2 heterocycles. The van der Waals surface area contributed by atoms with Crippen LogP contribution in [0.15, 0.2) is 96.2 Å². The predicted octanol–water partition coefficient (Wildman–Crippen LogP) is 6.50. The molecule has 35 heavy (non-hydrogen) atoms. The van der Waals surface area contributed by atoms with E-state index >= 15 is 0 Å². The fraction of sp³-hybridized carbons (Fsp3) is 0.107. The Bertz CT molecular complexity index is 1510. The summed E-state index contributed by atoms with van der Waals surface area (Å²) in [4.78, 5) is 4.78. The van der Waals surface area contributed by atoms with Crippen LogP contribution in [0.5, 0.6) is 11.6 Å². The van der Waals surface area contributed by atoms with Gasteiger partial charge in [0.15, 0.2) is 5.69 Å². The molecule has 1 N–H and O–H groups in total. The quantitative estimate of drug-likeness (QED) is 0.289. The molecular formula is C28H22N4O2S. The standard InChI is InChI=1S/C28H22N4O2S/c1-33-23-16-15-19-11-5-6-12-20(19)24(23)26-29-22-14-8-7-13-21(22)25-27(34-26)30-28(32-31-25)35-17-18-9-3-2-4-10-18/h2-16,26,29H,17H2,1H3. The molecule has 1 unspecified atom stereocenters. The van der Waals surface area contributed by atoms with Crippen LogP contribution in [-0.4, -0.2) is 22.3 Å². The first-order valence-corrected chi connectivity index (χ1v) is 12.3. The Morgan fingerprint density at radius 3 is 2.57 bits per heavy atom. The van der Waals surface area contributed by atoms with E-state index in [2.05, 4.69) is 45.8 Å². The van der Waals surface area contributed by atoms with Crippen LogP contribution in [0.1, 0.15) is 17.4 Å². The lowest BCUT2D eigenvalue weighted by Crippen LogP contribution is -2.18. The van der Waals surface area contributed by atoms with Crippen molar-refractivity contribution in [1.29, 1.82) is 0 Å². The minimum Gasteiger partial charge on any atom is -0.496 e. The lowest BCUT2D eigenvalue weighted by Gasteiger charge is -2.23. The first-order valence-electron chi connectivity index (χ1n) is 11.3. The third-order valence-corrected chi connectivity index (χ3v) is 6.87. The van der Waals surface area contributed by atoms with Crippen molar-refractivity contribution >= 4 is 28.2 Å². The number of methoxy groups -OCH3 is 1. The van der Waals surface area contributed by atoms with Crippen molar-refractivity contribution in [2.45, 2.75) is 17.1 Å². The highest BCUT2D eigenvalue weighted by Gasteiger charge is 2.29. The fourth-order valence-corrected chi connectivity index (χ4v) is 5.02. The second-order valence-electron chi connectivity index (χ2n) is 8.11. The number of nitrogens with zero attached hydrogens (tertiary/aromatic N) is 3. The second-order valence-corrected chi connectivity index (χ2v) is 9.06. The summed E-state index contributed by atoms with van der Waals surface area (Å²) in [5.74, 6) is 1.92. The summed E-state index contributed by atoms with van der Waals surface area (Å²) < 4.78 is 12.3. The molecule has 7 heteroatoms. The molecule has 6 rings (SSSR count). The molecule has 0 bridgehead atoms. The van der Waals surface area contributed by atoms with E-state index in [0.29, 0.717) is 16.7 Å². The zero-order chi connectivity index (χ0) is 23.6. The normalized spacial score (nSPS) is 14.3. The van der Waals surface area contributed by atoms with E-state index in [1.807, 2.05) is 60.7 Å². The van der Waals surface area contributed by atoms with Crippen LogP contribution in [0.4, 0.5) is 5.69 Å². The Morgan fingerprint density at radius 1 is 0.886 bits per heavy atom. The average molecular weight is 479 g/mol. The smallest absolute Gasteiger partial charge is 0.247 e. The average Bonchev–Trinajstić information content (AvgIpc) is 3.08. The van der Waals surface area contributed by atoms with Crippen molar-refractivity contribution < 1.29 is 9.47 Å². The number of hydrogen-bond acceptors (Lipinski definition) is 7. The molecule has 6 nitrogen and oxygen atoms in total. The third kappa shape index (κ3) is 4.15. The monoisotopic (exact) mass is 478 g/mol. The SMILES string of the molecule is COc1ccc2ccccc2c1C1Nc2ccccc2-c2nnc(SCc3ccccc3)nc2O1. The summed E-state index contributed by atoms with van der Waals surface area (Å²) in [7, 11) is 1.67. The topological polar surface area (TPSA) is 69.2 Å². The summed E-state index contributed by atoms with van der Waals surface area (Å²) in [6.07, 6.45) is -0.540. The number of fused-ring (bicyclic) bond motifs is 4. The highest BCUT2D eigenvalue weighted by molar-refractivity contribution is 7.98. The zero-order valence-electron chi connectivity index (χ0n) is 19.0. The van der Waals surface area contributed by atoms with Gasteiger partial charge in [0.25, 0.3) is 0 Å². The number of hydrogen-bond donors (Lipinski definition) is 1. The number of benzene rings is 4. The van der Waals surface area contributed by atoms with Crippen LogP contribution in [0.2, 0.25) is 0 Å². The van der Waals surface area contributed by atoms with Crippen LogP contribution >= 0.6 is 11.8 Å². The molecule has 5 aromatic rings. The molecule has 1 aromatic heterocycles. The number of para-hydroxylation sites is 1. The second kappa shape index (κ2) is 9.27. The Morgan fingerprint density at radius 2 is 1.69 bits per heavy atom. The highest BCUT2D eigenvalue weighted by atomic mass is 32.2. The van der Waals surface area contributed by atoms with E-state index in [1.54, 1.807) is 7.11 Å². The minimum atomic E-state index is -0.540. The highest BCUT2D eigenvalue weighted by Crippen LogP contribution is 2.43. The molecule has 0 aliphatic carbocycles. The van der Waals surface area contributed by atoms with Gasteiger partial charge in [0.05, 0.1) is 12.7 Å². The van der Waals surface area contributed by atoms with Crippen LogP contribution in [0.3, 0.4) is 0 Å². The lowest BCUT2D eigenvalue weighted by atomic mass is 10.0. The Labute approximate surface area is 207 Å². The van der Waals surface area contributed by atoms with Crippen molar-refractivity contribution in [3.05, 3.63) is 102 Å². The van der Waals surface area contributed by atoms with Crippen molar-refractivity contribution in [3.63, 3.8) is 0 Å². The van der Waals surface area contributed by atoms with Crippen LogP contribution in [-0.2, 0) is 5.75 Å². The maximum atomic E-state index is 6.55. The molecule has 0 saturated heterocycles. The van der Waals surface area contributed by atoms with E-state index < -0.39 is 6.23 Å². The van der Waals surface area contributed by atoms with E-state index in [4.69, 9.17) is 14.5 Å². The lowest BCUT2D eigenvalue weighted by molar-refractivity contribution is 0.221. The Balaban J connectivity index is 1.44. The first kappa shape index (κ1) is 21.4. The number of thioether (sulfide) groups is 1. The van der Waals surface area contributed by atoms with Crippen molar-refractivity contribution in [2.24, 2.45) is 0 Å². The minimum absolute atomic E-state index is 0.438. The van der Waals surface area contributed by atoms with Gasteiger partial charge in [-0.05, 0) is 28.5 Å². The summed E-state index contributed by atoms with van der Waals surface area (Å²) in [5, 5.41) is 15.2. The van der Waals surface area contributed by atoms with Gasteiger partial charge in [-0.15, -0.1) is 10.2 Å². The van der Waals surface area contributed by atoms with Crippen molar-refractivity contribution in [1.82, 2.24) is 15.2 Å². The molecule has 0 amide bonds. The third-order valence-electron chi connectivity index (χ3n) is 5.96. The van der Waals surface area contributed by atoms with Gasteiger partial charge in [-0.1, -0.05) is 90.6 Å². The molecule has 1 aliphatic rings. The van der Waals surface area contributed by atoms with E-state index in [-0.39, 0.29) is 0 Å². The molecule has 172 valence electrons. The van der Waals surface area contributed by atoms with Gasteiger partial charge in [-0.25, -0.2) is 0 Å².